The molecule has 1 amide bonds. The normalized spacial score (nSPS) is 10.9. The molecule has 0 aliphatic carbocycles. The van der Waals surface area contributed by atoms with Crippen LogP contribution < -0.4 is 21.1 Å². The molecule has 152 valence electrons. The standard InChI is InChI=1S/C22H26N4O3/c1-5-26-21(28)17-8-6-7-9-18(17)23-22(26)25-24-20(27)13-29-19-12-15(4)10-11-16(19)14(2)3/h6-12,14H,5,13H2,1-4H3,(H,23,25)(H,24,27). The summed E-state index contributed by atoms with van der Waals surface area (Å²) in [6, 6.07) is 13.1. The highest BCUT2D eigenvalue weighted by Gasteiger charge is 2.12. The second kappa shape index (κ2) is 8.77. The number of hydrogen-bond acceptors (Lipinski definition) is 5. The van der Waals surface area contributed by atoms with Gasteiger partial charge in [-0.25, -0.2) is 4.98 Å². The quantitative estimate of drug-likeness (QED) is 0.600. The van der Waals surface area contributed by atoms with Gasteiger partial charge >= 0.3 is 0 Å². The van der Waals surface area contributed by atoms with Crippen LogP contribution in [0, 0.1) is 6.92 Å². The molecular formula is C22H26N4O3. The van der Waals surface area contributed by atoms with Crippen molar-refractivity contribution in [2.45, 2.75) is 40.2 Å². The fraction of sp³-hybridized carbons (Fsp3) is 0.318. The van der Waals surface area contributed by atoms with Crippen LogP contribution in [0.25, 0.3) is 10.9 Å². The largest absolute Gasteiger partial charge is 0.483 e. The van der Waals surface area contributed by atoms with Crippen molar-refractivity contribution in [2.75, 3.05) is 12.0 Å². The first-order valence-electron chi connectivity index (χ1n) is 9.68. The summed E-state index contributed by atoms with van der Waals surface area (Å²) < 4.78 is 7.21. The van der Waals surface area contributed by atoms with Crippen molar-refractivity contribution in [2.24, 2.45) is 0 Å². The van der Waals surface area contributed by atoms with Gasteiger partial charge in [-0.1, -0.05) is 38.1 Å². The Morgan fingerprint density at radius 2 is 1.97 bits per heavy atom. The molecule has 7 heteroatoms. The monoisotopic (exact) mass is 394 g/mol. The summed E-state index contributed by atoms with van der Waals surface area (Å²) in [6.45, 7) is 8.25. The molecule has 3 rings (SSSR count). The van der Waals surface area contributed by atoms with E-state index in [-0.39, 0.29) is 29.9 Å². The Morgan fingerprint density at radius 3 is 2.69 bits per heavy atom. The van der Waals surface area contributed by atoms with Gasteiger partial charge in [-0.2, -0.15) is 0 Å². The first-order chi connectivity index (χ1) is 13.9. The van der Waals surface area contributed by atoms with Gasteiger partial charge in [0.1, 0.15) is 5.75 Å². The molecule has 3 aromatic rings. The zero-order valence-corrected chi connectivity index (χ0v) is 17.2. The van der Waals surface area contributed by atoms with Gasteiger partial charge in [0.2, 0.25) is 5.95 Å². The highest BCUT2D eigenvalue weighted by atomic mass is 16.5. The van der Waals surface area contributed by atoms with E-state index in [1.54, 1.807) is 18.2 Å². The zero-order chi connectivity index (χ0) is 21.0. The molecule has 0 unspecified atom stereocenters. The number of aryl methyl sites for hydroxylation is 1. The van der Waals surface area contributed by atoms with Crippen molar-refractivity contribution >= 4 is 22.8 Å². The molecule has 0 radical (unpaired) electrons. The molecule has 2 N–H and O–H groups in total. The van der Waals surface area contributed by atoms with Crippen LogP contribution in [0.3, 0.4) is 0 Å². The number of carbonyl (C=O) groups excluding carboxylic acids is 1. The number of ether oxygens (including phenoxy) is 1. The maximum atomic E-state index is 12.6. The number of nitrogens with zero attached hydrogens (tertiary/aromatic N) is 2. The van der Waals surface area contributed by atoms with E-state index in [0.29, 0.717) is 23.2 Å². The van der Waals surface area contributed by atoms with Gasteiger partial charge in [0, 0.05) is 6.54 Å². The fourth-order valence-electron chi connectivity index (χ4n) is 3.11. The van der Waals surface area contributed by atoms with Crippen LogP contribution >= 0.6 is 0 Å². The summed E-state index contributed by atoms with van der Waals surface area (Å²) >= 11 is 0. The third kappa shape index (κ3) is 4.56. The lowest BCUT2D eigenvalue weighted by Gasteiger charge is -2.16. The van der Waals surface area contributed by atoms with E-state index in [0.717, 1.165) is 11.1 Å². The number of hydrazine groups is 1. The maximum Gasteiger partial charge on any atom is 0.276 e. The molecule has 0 saturated carbocycles. The van der Waals surface area contributed by atoms with Crippen molar-refractivity contribution in [1.29, 1.82) is 0 Å². The van der Waals surface area contributed by atoms with Crippen LogP contribution in [0.2, 0.25) is 0 Å². The molecule has 7 nitrogen and oxygen atoms in total. The molecule has 0 aliphatic rings. The summed E-state index contributed by atoms with van der Waals surface area (Å²) in [6.07, 6.45) is 0. The highest BCUT2D eigenvalue weighted by Crippen LogP contribution is 2.27. The number of benzene rings is 2. The van der Waals surface area contributed by atoms with Crippen LogP contribution in [0.1, 0.15) is 37.8 Å². The summed E-state index contributed by atoms with van der Waals surface area (Å²) in [7, 11) is 0. The summed E-state index contributed by atoms with van der Waals surface area (Å²) in [4.78, 5) is 29.3. The SMILES string of the molecule is CCn1c(NNC(=O)COc2cc(C)ccc2C(C)C)nc2ccccc2c1=O. The molecule has 0 bridgehead atoms. The molecule has 1 aromatic heterocycles. The second-order valence-corrected chi connectivity index (χ2v) is 7.16. The van der Waals surface area contributed by atoms with Crippen LogP contribution in [-0.2, 0) is 11.3 Å². The van der Waals surface area contributed by atoms with Crippen molar-refractivity contribution < 1.29 is 9.53 Å². The lowest BCUT2D eigenvalue weighted by Crippen LogP contribution is -2.37. The number of carbonyl (C=O) groups is 1. The minimum atomic E-state index is -0.369. The van der Waals surface area contributed by atoms with Gasteiger partial charge in [0.25, 0.3) is 11.5 Å². The molecule has 0 fully saturated rings. The number of rotatable bonds is 7. The van der Waals surface area contributed by atoms with E-state index in [9.17, 15) is 9.59 Å². The molecule has 0 aliphatic heterocycles. The molecule has 0 atom stereocenters. The Morgan fingerprint density at radius 1 is 1.21 bits per heavy atom. The molecule has 29 heavy (non-hydrogen) atoms. The van der Waals surface area contributed by atoms with Crippen LogP contribution in [0.4, 0.5) is 5.95 Å². The van der Waals surface area contributed by atoms with E-state index in [1.165, 1.54) is 4.57 Å². The molecular weight excluding hydrogens is 368 g/mol. The minimum Gasteiger partial charge on any atom is -0.483 e. The maximum absolute atomic E-state index is 12.6. The third-order valence-electron chi connectivity index (χ3n) is 4.64. The Kier molecular flexibility index (Phi) is 6.16. The number of nitrogens with one attached hydrogen (secondary N) is 2. The van der Waals surface area contributed by atoms with Gasteiger partial charge in [-0.05, 0) is 49.1 Å². The second-order valence-electron chi connectivity index (χ2n) is 7.16. The van der Waals surface area contributed by atoms with Gasteiger partial charge in [0.15, 0.2) is 6.61 Å². The number of aromatic nitrogens is 2. The van der Waals surface area contributed by atoms with Crippen molar-refractivity contribution in [3.05, 3.63) is 63.9 Å². The van der Waals surface area contributed by atoms with Crippen LogP contribution in [0.5, 0.6) is 5.75 Å². The van der Waals surface area contributed by atoms with Crippen molar-refractivity contribution in [1.82, 2.24) is 15.0 Å². The van der Waals surface area contributed by atoms with E-state index in [1.807, 2.05) is 38.1 Å². The van der Waals surface area contributed by atoms with E-state index >= 15 is 0 Å². The Bertz CT molecular complexity index is 1090. The molecule has 1 heterocycles. The van der Waals surface area contributed by atoms with Gasteiger partial charge < -0.3 is 4.74 Å². The smallest absolute Gasteiger partial charge is 0.276 e. The van der Waals surface area contributed by atoms with E-state index < -0.39 is 0 Å². The van der Waals surface area contributed by atoms with Gasteiger partial charge in [0.05, 0.1) is 10.9 Å². The number of fused-ring (bicyclic) bond motifs is 1. The van der Waals surface area contributed by atoms with Crippen LogP contribution in [0.15, 0.2) is 47.3 Å². The number of amides is 1. The molecule has 0 spiro atoms. The Balaban J connectivity index is 1.70. The predicted molar refractivity (Wildman–Crippen MR) is 114 cm³/mol. The summed E-state index contributed by atoms with van der Waals surface area (Å²) in [5.41, 5.74) is 7.84. The topological polar surface area (TPSA) is 85.2 Å². The molecule has 2 aromatic carbocycles. The average molecular weight is 394 g/mol. The van der Waals surface area contributed by atoms with Crippen molar-refractivity contribution in [3.8, 4) is 5.75 Å². The Labute approximate surface area is 169 Å². The van der Waals surface area contributed by atoms with E-state index in [4.69, 9.17) is 4.74 Å². The third-order valence-corrected chi connectivity index (χ3v) is 4.64. The van der Waals surface area contributed by atoms with Crippen molar-refractivity contribution in [3.63, 3.8) is 0 Å². The highest BCUT2D eigenvalue weighted by molar-refractivity contribution is 5.80. The lowest BCUT2D eigenvalue weighted by atomic mass is 10.0. The number of para-hydroxylation sites is 1. The average Bonchev–Trinajstić information content (AvgIpc) is 2.70. The Hall–Kier alpha value is -3.35. The van der Waals surface area contributed by atoms with E-state index in [2.05, 4.69) is 29.7 Å². The number of anilines is 1. The fourth-order valence-corrected chi connectivity index (χ4v) is 3.11. The summed E-state index contributed by atoms with van der Waals surface area (Å²) in [5.74, 6) is 0.895. The van der Waals surface area contributed by atoms with Gasteiger partial charge in [-0.3, -0.25) is 25.0 Å². The first kappa shape index (κ1) is 20.4. The lowest BCUT2D eigenvalue weighted by molar-refractivity contribution is -0.122. The van der Waals surface area contributed by atoms with Gasteiger partial charge in [-0.15, -0.1) is 0 Å². The minimum absolute atomic E-state index is 0.153. The zero-order valence-electron chi connectivity index (χ0n) is 17.2. The predicted octanol–water partition coefficient (Wildman–Crippen LogP) is 3.37. The van der Waals surface area contributed by atoms with Crippen LogP contribution in [-0.4, -0.2) is 22.1 Å². The first-order valence-corrected chi connectivity index (χ1v) is 9.68. The molecule has 0 saturated heterocycles. The summed E-state index contributed by atoms with van der Waals surface area (Å²) in [5, 5.41) is 0.537. The number of hydrogen-bond donors (Lipinski definition) is 2.